The lowest BCUT2D eigenvalue weighted by molar-refractivity contribution is -0.113. The van der Waals surface area contributed by atoms with E-state index < -0.39 is 0 Å². The van der Waals surface area contributed by atoms with Crippen LogP contribution in [0.1, 0.15) is 30.0 Å². The lowest BCUT2D eigenvalue weighted by Gasteiger charge is -2.08. The number of rotatable bonds is 7. The maximum atomic E-state index is 11.9. The van der Waals surface area contributed by atoms with Crippen LogP contribution in [-0.4, -0.2) is 26.8 Å². The van der Waals surface area contributed by atoms with Crippen LogP contribution in [0.5, 0.6) is 0 Å². The smallest absolute Gasteiger partial charge is 0.277 e. The second kappa shape index (κ2) is 8.26. The van der Waals surface area contributed by atoms with Crippen LogP contribution in [0.3, 0.4) is 0 Å². The standard InChI is InChI=1S/C17H18N4O2S2/c1-11(13-6-4-3-5-7-13)8-15-20-21-17(23-15)25-10-14(22)19-16-18-12(2)9-24-16/h3-7,9,11H,8,10H2,1-2H3,(H,18,19,22). The molecule has 2 heterocycles. The molecule has 3 rings (SSSR count). The van der Waals surface area contributed by atoms with Gasteiger partial charge in [-0.3, -0.25) is 4.79 Å². The highest BCUT2D eigenvalue weighted by atomic mass is 32.2. The topological polar surface area (TPSA) is 80.9 Å². The summed E-state index contributed by atoms with van der Waals surface area (Å²) in [4.78, 5) is 16.1. The summed E-state index contributed by atoms with van der Waals surface area (Å²) in [5, 5.41) is 13.7. The molecule has 1 amide bonds. The minimum absolute atomic E-state index is 0.142. The lowest BCUT2D eigenvalue weighted by atomic mass is 9.98. The minimum Gasteiger partial charge on any atom is -0.416 e. The molecule has 0 fully saturated rings. The lowest BCUT2D eigenvalue weighted by Crippen LogP contribution is -2.13. The van der Waals surface area contributed by atoms with Gasteiger partial charge < -0.3 is 9.73 Å². The fourth-order valence-corrected chi connectivity index (χ4v) is 3.52. The van der Waals surface area contributed by atoms with Crippen LogP contribution in [0, 0.1) is 6.92 Å². The average Bonchev–Trinajstić information content (AvgIpc) is 3.22. The van der Waals surface area contributed by atoms with Crippen LogP contribution in [0.2, 0.25) is 0 Å². The summed E-state index contributed by atoms with van der Waals surface area (Å²) in [6.45, 7) is 4.01. The van der Waals surface area contributed by atoms with E-state index in [4.69, 9.17) is 4.42 Å². The van der Waals surface area contributed by atoms with Gasteiger partial charge in [-0.15, -0.1) is 21.5 Å². The number of hydrogen-bond acceptors (Lipinski definition) is 7. The second-order valence-electron chi connectivity index (χ2n) is 5.61. The molecule has 1 N–H and O–H groups in total. The number of benzene rings is 1. The van der Waals surface area contributed by atoms with Crippen molar-refractivity contribution in [2.75, 3.05) is 11.1 Å². The van der Waals surface area contributed by atoms with E-state index in [2.05, 4.69) is 39.6 Å². The van der Waals surface area contributed by atoms with Gasteiger partial charge in [0.05, 0.1) is 11.4 Å². The predicted octanol–water partition coefficient (Wildman–Crippen LogP) is 3.91. The number of nitrogens with one attached hydrogen (secondary N) is 1. The van der Waals surface area contributed by atoms with Crippen molar-refractivity contribution >= 4 is 34.1 Å². The number of aryl methyl sites for hydroxylation is 1. The van der Waals surface area contributed by atoms with Crippen molar-refractivity contribution in [3.63, 3.8) is 0 Å². The van der Waals surface area contributed by atoms with E-state index in [9.17, 15) is 4.79 Å². The second-order valence-corrected chi connectivity index (χ2v) is 7.39. The van der Waals surface area contributed by atoms with Crippen molar-refractivity contribution in [2.45, 2.75) is 31.4 Å². The number of thioether (sulfide) groups is 1. The summed E-state index contributed by atoms with van der Waals surface area (Å²) >= 11 is 2.63. The van der Waals surface area contributed by atoms with E-state index in [-0.39, 0.29) is 17.6 Å². The Balaban J connectivity index is 1.49. The molecule has 1 atom stereocenters. The Morgan fingerprint density at radius 1 is 1.32 bits per heavy atom. The largest absolute Gasteiger partial charge is 0.416 e. The highest BCUT2D eigenvalue weighted by Crippen LogP contribution is 2.22. The molecule has 6 nitrogen and oxygen atoms in total. The third kappa shape index (κ3) is 5.14. The van der Waals surface area contributed by atoms with Crippen molar-refractivity contribution in [2.24, 2.45) is 0 Å². The number of anilines is 1. The van der Waals surface area contributed by atoms with E-state index in [0.29, 0.717) is 22.7 Å². The summed E-state index contributed by atoms with van der Waals surface area (Å²) in [6.07, 6.45) is 0.669. The molecule has 3 aromatic rings. The third-order valence-corrected chi connectivity index (χ3v) is 5.18. The van der Waals surface area contributed by atoms with Crippen molar-refractivity contribution in [3.05, 3.63) is 52.9 Å². The zero-order valence-corrected chi connectivity index (χ0v) is 15.6. The molecule has 1 unspecified atom stereocenters. The van der Waals surface area contributed by atoms with Crippen molar-refractivity contribution < 1.29 is 9.21 Å². The van der Waals surface area contributed by atoms with Crippen molar-refractivity contribution in [1.29, 1.82) is 0 Å². The molecule has 8 heteroatoms. The molecule has 0 saturated carbocycles. The molecule has 0 bridgehead atoms. The minimum atomic E-state index is -0.142. The molecule has 1 aromatic carbocycles. The van der Waals surface area contributed by atoms with Crippen molar-refractivity contribution in [3.8, 4) is 0 Å². The first-order chi connectivity index (χ1) is 12.1. The molecule has 2 aromatic heterocycles. The number of carbonyl (C=O) groups excluding carboxylic acids is 1. The maximum absolute atomic E-state index is 11.9. The Bertz CT molecular complexity index is 832. The molecular formula is C17H18N4O2S2. The average molecular weight is 374 g/mol. The third-order valence-electron chi connectivity index (χ3n) is 3.49. The number of amides is 1. The van der Waals surface area contributed by atoms with Crippen molar-refractivity contribution in [1.82, 2.24) is 15.2 Å². The number of hydrogen-bond donors (Lipinski definition) is 1. The first-order valence-electron chi connectivity index (χ1n) is 7.82. The Kier molecular flexibility index (Phi) is 5.83. The van der Waals surface area contributed by atoms with Gasteiger partial charge in [0.25, 0.3) is 5.22 Å². The van der Waals surface area contributed by atoms with Crippen LogP contribution >= 0.6 is 23.1 Å². The molecule has 0 aliphatic heterocycles. The fourth-order valence-electron chi connectivity index (χ4n) is 2.23. The number of nitrogens with zero attached hydrogens (tertiary/aromatic N) is 3. The highest BCUT2D eigenvalue weighted by Gasteiger charge is 2.14. The van der Waals surface area contributed by atoms with Gasteiger partial charge in [0, 0.05) is 11.8 Å². The zero-order valence-electron chi connectivity index (χ0n) is 13.9. The normalized spacial score (nSPS) is 12.1. The fraction of sp³-hybridized carbons (Fsp3) is 0.294. The summed E-state index contributed by atoms with van der Waals surface area (Å²) in [5.41, 5.74) is 2.12. The van der Waals surface area contributed by atoms with Crippen LogP contribution in [0.15, 0.2) is 45.4 Å². The Morgan fingerprint density at radius 2 is 2.12 bits per heavy atom. The Hall–Kier alpha value is -2.19. The molecule has 0 saturated heterocycles. The van der Waals surface area contributed by atoms with E-state index in [1.165, 1.54) is 28.7 Å². The van der Waals surface area contributed by atoms with E-state index in [1.807, 2.05) is 30.5 Å². The maximum Gasteiger partial charge on any atom is 0.277 e. The monoisotopic (exact) mass is 374 g/mol. The molecule has 25 heavy (non-hydrogen) atoms. The summed E-state index contributed by atoms with van der Waals surface area (Å²) in [7, 11) is 0. The van der Waals surface area contributed by atoms with Crippen LogP contribution in [0.25, 0.3) is 0 Å². The van der Waals surface area contributed by atoms with E-state index >= 15 is 0 Å². The van der Waals surface area contributed by atoms with Gasteiger partial charge in [-0.2, -0.15) is 0 Å². The molecule has 0 aliphatic carbocycles. The SMILES string of the molecule is Cc1csc(NC(=O)CSc2nnc(CC(C)c3ccccc3)o2)n1. The van der Waals surface area contributed by atoms with Gasteiger partial charge >= 0.3 is 0 Å². The predicted molar refractivity (Wildman–Crippen MR) is 99.1 cm³/mol. The van der Waals surface area contributed by atoms with Gasteiger partial charge in [0.15, 0.2) is 5.13 Å². The molecule has 0 spiro atoms. The van der Waals surface area contributed by atoms with Gasteiger partial charge in [-0.25, -0.2) is 4.98 Å². The van der Waals surface area contributed by atoms with Gasteiger partial charge in [0.1, 0.15) is 0 Å². The first kappa shape index (κ1) is 17.6. The summed E-state index contributed by atoms with van der Waals surface area (Å²) in [6, 6.07) is 10.2. The molecular weight excluding hydrogens is 356 g/mol. The first-order valence-corrected chi connectivity index (χ1v) is 9.69. The summed E-state index contributed by atoms with van der Waals surface area (Å²) < 4.78 is 5.63. The highest BCUT2D eigenvalue weighted by molar-refractivity contribution is 7.99. The molecule has 0 aliphatic rings. The zero-order chi connectivity index (χ0) is 17.6. The number of thiazole rings is 1. The number of aromatic nitrogens is 3. The molecule has 0 radical (unpaired) electrons. The van der Waals surface area contributed by atoms with E-state index in [0.717, 1.165) is 5.69 Å². The van der Waals surface area contributed by atoms with Crippen LogP contribution < -0.4 is 5.32 Å². The quantitative estimate of drug-likeness (QED) is 0.632. The molecule has 130 valence electrons. The van der Waals surface area contributed by atoms with Crippen LogP contribution in [0.4, 0.5) is 5.13 Å². The van der Waals surface area contributed by atoms with Crippen LogP contribution in [-0.2, 0) is 11.2 Å². The Morgan fingerprint density at radius 3 is 2.84 bits per heavy atom. The van der Waals surface area contributed by atoms with Gasteiger partial charge in [-0.05, 0) is 18.4 Å². The summed E-state index contributed by atoms with van der Waals surface area (Å²) in [5.74, 6) is 0.927. The van der Waals surface area contributed by atoms with Gasteiger partial charge in [-0.1, -0.05) is 49.0 Å². The van der Waals surface area contributed by atoms with Gasteiger partial charge in [0.2, 0.25) is 11.8 Å². The number of carbonyl (C=O) groups is 1. The van der Waals surface area contributed by atoms with E-state index in [1.54, 1.807) is 0 Å². The Labute approximate surface area is 154 Å².